The Morgan fingerprint density at radius 2 is 1.93 bits per heavy atom. The van der Waals surface area contributed by atoms with Crippen molar-refractivity contribution in [2.75, 3.05) is 0 Å². The highest BCUT2D eigenvalue weighted by atomic mass is 15.1. The molecular weight excluding hydrogens is 186 g/mol. The van der Waals surface area contributed by atoms with Gasteiger partial charge in [-0.05, 0) is 6.42 Å². The molecular formula is C12H23N3. The molecule has 0 bridgehead atoms. The topological polar surface area (TPSA) is 43.8 Å². The molecule has 0 saturated heterocycles. The van der Waals surface area contributed by atoms with E-state index in [0.717, 1.165) is 12.4 Å². The van der Waals surface area contributed by atoms with Crippen molar-refractivity contribution in [1.82, 2.24) is 9.55 Å². The summed E-state index contributed by atoms with van der Waals surface area (Å²) in [4.78, 5) is 4.20. The number of aromatic nitrogens is 2. The molecule has 0 radical (unpaired) electrons. The van der Waals surface area contributed by atoms with E-state index in [1.807, 2.05) is 12.4 Å². The summed E-state index contributed by atoms with van der Waals surface area (Å²) in [6.07, 6.45) is 11.9. The Bertz CT molecular complexity index is 255. The van der Waals surface area contributed by atoms with E-state index in [9.17, 15) is 0 Å². The van der Waals surface area contributed by atoms with E-state index >= 15 is 0 Å². The molecule has 3 heteroatoms. The first-order chi connectivity index (χ1) is 7.38. The quantitative estimate of drug-likeness (QED) is 0.669. The van der Waals surface area contributed by atoms with Crippen LogP contribution in [-0.4, -0.2) is 9.55 Å². The molecule has 0 aromatic carbocycles. The number of nitrogens with two attached hydrogens (primary N) is 1. The lowest BCUT2D eigenvalue weighted by Crippen LogP contribution is -2.08. The van der Waals surface area contributed by atoms with Crippen molar-refractivity contribution in [3.63, 3.8) is 0 Å². The lowest BCUT2D eigenvalue weighted by molar-refractivity contribution is 0.546. The molecule has 0 aliphatic carbocycles. The predicted octanol–water partition coefficient (Wildman–Crippen LogP) is 2.70. The van der Waals surface area contributed by atoms with Gasteiger partial charge >= 0.3 is 0 Å². The third-order valence-electron chi connectivity index (χ3n) is 2.74. The van der Waals surface area contributed by atoms with E-state index in [1.54, 1.807) is 0 Å². The second-order valence-electron chi connectivity index (χ2n) is 4.01. The van der Waals surface area contributed by atoms with Crippen molar-refractivity contribution >= 4 is 0 Å². The molecule has 0 fully saturated rings. The summed E-state index contributed by atoms with van der Waals surface area (Å²) in [6.45, 7) is 3.86. The zero-order chi connectivity index (χ0) is 10.9. The third kappa shape index (κ3) is 4.47. The molecule has 1 heterocycles. The second kappa shape index (κ2) is 7.46. The van der Waals surface area contributed by atoms with Gasteiger partial charge in [0.05, 0.1) is 6.54 Å². The van der Waals surface area contributed by atoms with Gasteiger partial charge in [-0.15, -0.1) is 0 Å². The average molecular weight is 209 g/mol. The van der Waals surface area contributed by atoms with Crippen LogP contribution in [0.3, 0.4) is 0 Å². The minimum absolute atomic E-state index is 0.544. The Balaban J connectivity index is 2.09. The molecule has 86 valence electrons. The number of unbranched alkanes of at least 4 members (excludes halogenated alkanes) is 5. The summed E-state index contributed by atoms with van der Waals surface area (Å²) < 4.78 is 2.17. The number of hydrogen-bond acceptors (Lipinski definition) is 2. The van der Waals surface area contributed by atoms with E-state index in [2.05, 4.69) is 16.5 Å². The predicted molar refractivity (Wildman–Crippen MR) is 63.5 cm³/mol. The fourth-order valence-electron chi connectivity index (χ4n) is 1.80. The number of aryl methyl sites for hydroxylation is 1. The van der Waals surface area contributed by atoms with Crippen LogP contribution in [0.25, 0.3) is 0 Å². The maximum atomic E-state index is 5.58. The molecule has 0 aliphatic rings. The van der Waals surface area contributed by atoms with Crippen molar-refractivity contribution in [3.8, 4) is 0 Å². The molecule has 3 nitrogen and oxygen atoms in total. The van der Waals surface area contributed by atoms with Crippen molar-refractivity contribution in [1.29, 1.82) is 0 Å². The average Bonchev–Trinajstić information content (AvgIpc) is 2.70. The van der Waals surface area contributed by atoms with Crippen LogP contribution < -0.4 is 5.73 Å². The van der Waals surface area contributed by atoms with Crippen LogP contribution in [0, 0.1) is 0 Å². The molecule has 0 aliphatic heterocycles. The van der Waals surface area contributed by atoms with Gasteiger partial charge in [-0.1, -0.05) is 39.0 Å². The van der Waals surface area contributed by atoms with Gasteiger partial charge in [0.2, 0.25) is 0 Å². The Hall–Kier alpha value is -0.830. The van der Waals surface area contributed by atoms with Gasteiger partial charge in [0, 0.05) is 18.9 Å². The third-order valence-corrected chi connectivity index (χ3v) is 2.74. The molecule has 0 spiro atoms. The number of nitrogens with zero attached hydrogens (tertiary/aromatic N) is 2. The minimum Gasteiger partial charge on any atom is -0.334 e. The second-order valence-corrected chi connectivity index (χ2v) is 4.01. The molecule has 0 saturated carbocycles. The molecule has 0 unspecified atom stereocenters. The van der Waals surface area contributed by atoms with Crippen molar-refractivity contribution < 1.29 is 0 Å². The normalized spacial score (nSPS) is 10.8. The lowest BCUT2D eigenvalue weighted by atomic mass is 10.1. The Labute approximate surface area is 92.7 Å². The van der Waals surface area contributed by atoms with Gasteiger partial charge in [-0.2, -0.15) is 0 Å². The summed E-state index contributed by atoms with van der Waals surface area (Å²) in [6, 6.07) is 0. The summed E-state index contributed by atoms with van der Waals surface area (Å²) in [5.74, 6) is 1.00. The smallest absolute Gasteiger partial charge is 0.122 e. The largest absolute Gasteiger partial charge is 0.334 e. The lowest BCUT2D eigenvalue weighted by Gasteiger charge is -2.05. The highest BCUT2D eigenvalue weighted by Crippen LogP contribution is 2.07. The summed E-state index contributed by atoms with van der Waals surface area (Å²) in [5.41, 5.74) is 5.58. The SMILES string of the molecule is CCCCCCCCn1ccnc1CN. The van der Waals surface area contributed by atoms with Crippen LogP contribution >= 0.6 is 0 Å². The van der Waals surface area contributed by atoms with Gasteiger partial charge < -0.3 is 10.3 Å². The molecule has 1 rings (SSSR count). The van der Waals surface area contributed by atoms with Gasteiger partial charge in [-0.25, -0.2) is 4.98 Å². The number of hydrogen-bond donors (Lipinski definition) is 1. The van der Waals surface area contributed by atoms with E-state index in [-0.39, 0.29) is 0 Å². The first-order valence-corrected chi connectivity index (χ1v) is 6.08. The zero-order valence-corrected chi connectivity index (χ0v) is 9.78. The fourth-order valence-corrected chi connectivity index (χ4v) is 1.80. The standard InChI is InChI=1S/C12H23N3/c1-2-3-4-5-6-7-9-15-10-8-14-12(15)11-13/h8,10H,2-7,9,11,13H2,1H3. The van der Waals surface area contributed by atoms with Crippen LogP contribution in [0.1, 0.15) is 51.3 Å². The van der Waals surface area contributed by atoms with Crippen LogP contribution in [-0.2, 0) is 13.1 Å². The van der Waals surface area contributed by atoms with E-state index in [1.165, 1.54) is 38.5 Å². The van der Waals surface area contributed by atoms with Crippen LogP contribution in [0.4, 0.5) is 0 Å². The summed E-state index contributed by atoms with van der Waals surface area (Å²) >= 11 is 0. The minimum atomic E-state index is 0.544. The maximum Gasteiger partial charge on any atom is 0.122 e. The first kappa shape index (κ1) is 12.2. The highest BCUT2D eigenvalue weighted by Gasteiger charge is 1.99. The van der Waals surface area contributed by atoms with Gasteiger partial charge in [0.25, 0.3) is 0 Å². The summed E-state index contributed by atoms with van der Waals surface area (Å²) in [5, 5.41) is 0. The highest BCUT2D eigenvalue weighted by molar-refractivity contribution is 4.90. The van der Waals surface area contributed by atoms with Gasteiger partial charge in [0.1, 0.15) is 5.82 Å². The van der Waals surface area contributed by atoms with Crippen molar-refractivity contribution in [2.24, 2.45) is 5.73 Å². The first-order valence-electron chi connectivity index (χ1n) is 6.08. The van der Waals surface area contributed by atoms with Gasteiger partial charge in [0.15, 0.2) is 0 Å². The summed E-state index contributed by atoms with van der Waals surface area (Å²) in [7, 11) is 0. The Morgan fingerprint density at radius 3 is 2.67 bits per heavy atom. The molecule has 15 heavy (non-hydrogen) atoms. The zero-order valence-electron chi connectivity index (χ0n) is 9.78. The number of imidazole rings is 1. The maximum absolute atomic E-state index is 5.58. The molecule has 1 aromatic heterocycles. The number of rotatable bonds is 8. The van der Waals surface area contributed by atoms with E-state index in [0.29, 0.717) is 6.54 Å². The Kier molecular flexibility index (Phi) is 6.09. The van der Waals surface area contributed by atoms with Crippen LogP contribution in [0.2, 0.25) is 0 Å². The van der Waals surface area contributed by atoms with Crippen LogP contribution in [0.15, 0.2) is 12.4 Å². The molecule has 2 N–H and O–H groups in total. The fraction of sp³-hybridized carbons (Fsp3) is 0.750. The molecule has 1 aromatic rings. The van der Waals surface area contributed by atoms with E-state index < -0.39 is 0 Å². The molecule has 0 amide bonds. The monoisotopic (exact) mass is 209 g/mol. The van der Waals surface area contributed by atoms with Crippen molar-refractivity contribution in [3.05, 3.63) is 18.2 Å². The Morgan fingerprint density at radius 1 is 1.20 bits per heavy atom. The van der Waals surface area contributed by atoms with Gasteiger partial charge in [-0.3, -0.25) is 0 Å². The van der Waals surface area contributed by atoms with Crippen molar-refractivity contribution in [2.45, 2.75) is 58.5 Å². The van der Waals surface area contributed by atoms with Crippen LogP contribution in [0.5, 0.6) is 0 Å². The van der Waals surface area contributed by atoms with E-state index in [4.69, 9.17) is 5.73 Å². The molecule has 0 atom stereocenters.